The third-order valence-electron chi connectivity index (χ3n) is 4.43. The number of hydrogen-bond acceptors (Lipinski definition) is 5. The van der Waals surface area contributed by atoms with Gasteiger partial charge in [0.1, 0.15) is 0 Å². The van der Waals surface area contributed by atoms with Gasteiger partial charge in [0.05, 0.1) is 39.4 Å². The molecule has 8 nitrogen and oxygen atoms in total. The van der Waals surface area contributed by atoms with Crippen LogP contribution < -0.4 is 21.3 Å². The topological polar surface area (TPSA) is 100 Å². The van der Waals surface area contributed by atoms with Gasteiger partial charge in [0.15, 0.2) is 0 Å². The molecular formula is C19H19ClN6O2S. The number of aromatic nitrogens is 2. The summed E-state index contributed by atoms with van der Waals surface area (Å²) in [7, 11) is 0. The van der Waals surface area contributed by atoms with Gasteiger partial charge in [-0.15, -0.1) is 11.3 Å². The van der Waals surface area contributed by atoms with Crippen molar-refractivity contribution >= 4 is 46.3 Å². The molecular weight excluding hydrogens is 412 g/mol. The van der Waals surface area contributed by atoms with Crippen molar-refractivity contribution < 1.29 is 9.59 Å². The van der Waals surface area contributed by atoms with E-state index in [2.05, 4.69) is 26.4 Å². The third-order valence-corrected chi connectivity index (χ3v) is 5.68. The minimum absolute atomic E-state index is 0.0837. The van der Waals surface area contributed by atoms with Gasteiger partial charge in [0.2, 0.25) is 0 Å². The molecule has 1 aliphatic heterocycles. The first-order chi connectivity index (χ1) is 14.1. The zero-order valence-electron chi connectivity index (χ0n) is 15.3. The Morgan fingerprint density at radius 3 is 2.93 bits per heavy atom. The Morgan fingerprint density at radius 1 is 1.28 bits per heavy atom. The lowest BCUT2D eigenvalue weighted by molar-refractivity contribution is 0.0944. The number of nitrogens with zero attached hydrogens (tertiary/aromatic N) is 2. The summed E-state index contributed by atoms with van der Waals surface area (Å²) in [6.07, 6.45) is 4.15. The van der Waals surface area contributed by atoms with Crippen LogP contribution in [0.2, 0.25) is 5.02 Å². The Balaban J connectivity index is 1.37. The lowest BCUT2D eigenvalue weighted by atomic mass is 10.2. The second-order valence-electron chi connectivity index (χ2n) is 6.56. The molecule has 3 aromatic rings. The van der Waals surface area contributed by atoms with Gasteiger partial charge in [0, 0.05) is 18.0 Å². The zero-order valence-corrected chi connectivity index (χ0v) is 16.9. The molecule has 0 saturated carbocycles. The number of amides is 3. The molecule has 1 aromatic carbocycles. The van der Waals surface area contributed by atoms with E-state index in [-0.39, 0.29) is 11.9 Å². The smallest absolute Gasteiger partial charge is 0.323 e. The van der Waals surface area contributed by atoms with Crippen LogP contribution in [0.25, 0.3) is 5.69 Å². The molecule has 0 radical (unpaired) electrons. The first kappa shape index (κ1) is 19.4. The van der Waals surface area contributed by atoms with Crippen molar-refractivity contribution in [2.45, 2.75) is 12.5 Å². The molecule has 0 aliphatic carbocycles. The average molecular weight is 431 g/mol. The van der Waals surface area contributed by atoms with Gasteiger partial charge in [-0.05, 0) is 31.2 Å². The van der Waals surface area contributed by atoms with Crippen molar-refractivity contribution in [3.63, 3.8) is 0 Å². The SMILES string of the molecule is O=C(Nc1cnn(-c2csc(C(=O)NC3CCNC3)c2)c1)Nc1ccccc1Cl. The molecule has 1 atom stereocenters. The summed E-state index contributed by atoms with van der Waals surface area (Å²) in [5, 5.41) is 18.2. The average Bonchev–Trinajstić information content (AvgIpc) is 3.44. The molecule has 0 bridgehead atoms. The van der Waals surface area contributed by atoms with Gasteiger partial charge in [-0.3, -0.25) is 4.79 Å². The van der Waals surface area contributed by atoms with E-state index in [1.165, 1.54) is 17.5 Å². The fourth-order valence-corrected chi connectivity index (χ4v) is 3.94. The number of benzene rings is 1. The van der Waals surface area contributed by atoms with Crippen LogP contribution in [0.3, 0.4) is 0 Å². The van der Waals surface area contributed by atoms with E-state index in [1.54, 1.807) is 41.2 Å². The number of hydrogen-bond donors (Lipinski definition) is 4. The van der Waals surface area contributed by atoms with Gasteiger partial charge in [-0.25, -0.2) is 9.48 Å². The van der Waals surface area contributed by atoms with E-state index in [1.807, 2.05) is 5.38 Å². The number of rotatable bonds is 5. The number of carbonyl (C=O) groups is 2. The van der Waals surface area contributed by atoms with Crippen LogP contribution in [0, 0.1) is 0 Å². The maximum Gasteiger partial charge on any atom is 0.323 e. The van der Waals surface area contributed by atoms with E-state index in [4.69, 9.17) is 11.6 Å². The summed E-state index contributed by atoms with van der Waals surface area (Å²) in [6, 6.07) is 8.51. The number of nitrogens with one attached hydrogen (secondary N) is 4. The molecule has 150 valence electrons. The number of halogens is 1. The summed E-state index contributed by atoms with van der Waals surface area (Å²) < 4.78 is 1.61. The summed E-state index contributed by atoms with van der Waals surface area (Å²) >= 11 is 7.40. The fourth-order valence-electron chi connectivity index (χ4n) is 2.98. The van der Waals surface area contributed by atoms with Crippen LogP contribution in [0.5, 0.6) is 0 Å². The molecule has 1 saturated heterocycles. The largest absolute Gasteiger partial charge is 0.347 e. The zero-order chi connectivity index (χ0) is 20.2. The predicted molar refractivity (Wildman–Crippen MR) is 114 cm³/mol. The number of para-hydroxylation sites is 1. The highest BCUT2D eigenvalue weighted by Crippen LogP contribution is 2.22. The highest BCUT2D eigenvalue weighted by atomic mass is 35.5. The lowest BCUT2D eigenvalue weighted by Crippen LogP contribution is -2.35. The Bertz CT molecular complexity index is 1030. The molecule has 10 heteroatoms. The monoisotopic (exact) mass is 430 g/mol. The molecule has 4 rings (SSSR count). The van der Waals surface area contributed by atoms with Gasteiger partial charge < -0.3 is 21.3 Å². The summed E-state index contributed by atoms with van der Waals surface area (Å²) in [6.45, 7) is 1.72. The number of urea groups is 1. The Hall–Kier alpha value is -2.88. The molecule has 2 aromatic heterocycles. The Morgan fingerprint density at radius 2 is 2.14 bits per heavy atom. The molecule has 3 heterocycles. The van der Waals surface area contributed by atoms with Crippen molar-refractivity contribution in [1.82, 2.24) is 20.4 Å². The molecule has 1 aliphatic rings. The summed E-state index contributed by atoms with van der Waals surface area (Å²) in [5.41, 5.74) is 1.79. The van der Waals surface area contributed by atoms with E-state index >= 15 is 0 Å². The Labute approximate surface area is 176 Å². The minimum atomic E-state index is -0.423. The van der Waals surface area contributed by atoms with Crippen LogP contribution in [0.1, 0.15) is 16.1 Å². The van der Waals surface area contributed by atoms with Gasteiger partial charge in [0.25, 0.3) is 5.91 Å². The fraction of sp³-hybridized carbons (Fsp3) is 0.211. The quantitative estimate of drug-likeness (QED) is 0.498. The van der Waals surface area contributed by atoms with Gasteiger partial charge in [-0.1, -0.05) is 23.7 Å². The second kappa shape index (κ2) is 8.64. The normalized spacial score (nSPS) is 15.8. The molecule has 4 N–H and O–H groups in total. The predicted octanol–water partition coefficient (Wildman–Crippen LogP) is 3.32. The lowest BCUT2D eigenvalue weighted by Gasteiger charge is -2.09. The van der Waals surface area contributed by atoms with Crippen molar-refractivity contribution in [3.05, 3.63) is 58.0 Å². The summed E-state index contributed by atoms with van der Waals surface area (Å²) in [5.74, 6) is -0.0837. The standard InChI is InChI=1S/C19H19ClN6O2S/c20-15-3-1-2-4-16(15)25-19(28)24-13-9-22-26(10-13)14-7-17(29-11-14)18(27)23-12-5-6-21-8-12/h1-4,7,9-12,21H,5-6,8H2,(H,23,27)(H2,24,25,28). The van der Waals surface area contributed by atoms with Crippen LogP contribution in [-0.4, -0.2) is 40.9 Å². The number of anilines is 2. The third kappa shape index (κ3) is 4.76. The first-order valence-corrected chi connectivity index (χ1v) is 10.3. The highest BCUT2D eigenvalue weighted by molar-refractivity contribution is 7.12. The van der Waals surface area contributed by atoms with E-state index in [0.29, 0.717) is 21.3 Å². The second-order valence-corrected chi connectivity index (χ2v) is 7.88. The van der Waals surface area contributed by atoms with Crippen molar-refractivity contribution in [2.24, 2.45) is 0 Å². The maximum atomic E-state index is 12.4. The molecule has 1 unspecified atom stereocenters. The van der Waals surface area contributed by atoms with E-state index in [9.17, 15) is 9.59 Å². The van der Waals surface area contributed by atoms with Crippen LogP contribution >= 0.6 is 22.9 Å². The number of carbonyl (C=O) groups excluding carboxylic acids is 2. The molecule has 29 heavy (non-hydrogen) atoms. The van der Waals surface area contributed by atoms with Crippen LogP contribution in [-0.2, 0) is 0 Å². The van der Waals surface area contributed by atoms with Crippen molar-refractivity contribution in [2.75, 3.05) is 23.7 Å². The van der Waals surface area contributed by atoms with Crippen molar-refractivity contribution in [3.8, 4) is 5.69 Å². The van der Waals surface area contributed by atoms with E-state index < -0.39 is 6.03 Å². The van der Waals surface area contributed by atoms with E-state index in [0.717, 1.165) is 25.2 Å². The summed E-state index contributed by atoms with van der Waals surface area (Å²) in [4.78, 5) is 25.1. The molecule has 0 spiro atoms. The van der Waals surface area contributed by atoms with Crippen LogP contribution in [0.15, 0.2) is 48.1 Å². The molecule has 1 fully saturated rings. The van der Waals surface area contributed by atoms with Gasteiger partial charge >= 0.3 is 6.03 Å². The minimum Gasteiger partial charge on any atom is -0.347 e. The first-order valence-electron chi connectivity index (χ1n) is 9.06. The maximum absolute atomic E-state index is 12.4. The van der Waals surface area contributed by atoms with Crippen LogP contribution in [0.4, 0.5) is 16.2 Å². The Kier molecular flexibility index (Phi) is 5.79. The highest BCUT2D eigenvalue weighted by Gasteiger charge is 2.19. The van der Waals surface area contributed by atoms with Gasteiger partial charge in [-0.2, -0.15) is 5.10 Å². The van der Waals surface area contributed by atoms with Crippen molar-refractivity contribution in [1.29, 1.82) is 0 Å². The number of thiophene rings is 1. The molecule has 3 amide bonds.